The van der Waals surface area contributed by atoms with Gasteiger partial charge in [-0.05, 0) is 24.5 Å². The van der Waals surface area contributed by atoms with Crippen molar-refractivity contribution in [3.63, 3.8) is 0 Å². The van der Waals surface area contributed by atoms with Crippen molar-refractivity contribution < 1.29 is 0 Å². The fraction of sp³-hybridized carbons (Fsp3) is 0.500. The molecule has 1 saturated carbocycles. The van der Waals surface area contributed by atoms with Crippen LogP contribution in [0, 0.1) is 11.3 Å². The highest BCUT2D eigenvalue weighted by atomic mass is 35.5. The van der Waals surface area contributed by atoms with Gasteiger partial charge in [0, 0.05) is 11.6 Å². The summed E-state index contributed by atoms with van der Waals surface area (Å²) in [6.45, 7) is 0.674. The van der Waals surface area contributed by atoms with Crippen molar-refractivity contribution >= 4 is 11.6 Å². The molecule has 0 heterocycles. The van der Waals surface area contributed by atoms with Gasteiger partial charge in [0.25, 0.3) is 0 Å². The molecule has 0 amide bonds. The Kier molecular flexibility index (Phi) is 4.04. The van der Waals surface area contributed by atoms with Crippen molar-refractivity contribution in [2.24, 2.45) is 0 Å². The van der Waals surface area contributed by atoms with E-state index in [9.17, 15) is 5.26 Å². The molecule has 0 saturated heterocycles. The highest BCUT2D eigenvalue weighted by Crippen LogP contribution is 2.28. The second-order valence-corrected chi connectivity index (χ2v) is 5.11. The summed E-state index contributed by atoms with van der Waals surface area (Å²) in [6, 6.07) is 10.2. The van der Waals surface area contributed by atoms with E-state index in [1.807, 2.05) is 24.3 Å². The Morgan fingerprint density at radius 1 is 1.24 bits per heavy atom. The zero-order valence-electron chi connectivity index (χ0n) is 9.88. The number of nitrogens with one attached hydrogen (secondary N) is 1. The fourth-order valence-corrected chi connectivity index (χ4v) is 2.59. The molecule has 0 atom stereocenters. The minimum absolute atomic E-state index is 0.336. The Labute approximate surface area is 108 Å². The maximum Gasteiger partial charge on any atom is 0.107 e. The maximum atomic E-state index is 9.34. The molecule has 1 aromatic rings. The van der Waals surface area contributed by atoms with Crippen LogP contribution in [-0.4, -0.2) is 5.54 Å². The van der Waals surface area contributed by atoms with Crippen molar-refractivity contribution in [3.05, 3.63) is 34.9 Å². The third-order valence-corrected chi connectivity index (χ3v) is 3.86. The SMILES string of the molecule is N#CC1(NCc2ccccc2Cl)CCCCC1. The van der Waals surface area contributed by atoms with E-state index in [0.717, 1.165) is 36.3 Å². The van der Waals surface area contributed by atoms with Gasteiger partial charge >= 0.3 is 0 Å². The number of hydrogen-bond donors (Lipinski definition) is 1. The lowest BCUT2D eigenvalue weighted by molar-refractivity contribution is 0.296. The van der Waals surface area contributed by atoms with Gasteiger partial charge in [-0.2, -0.15) is 5.26 Å². The van der Waals surface area contributed by atoms with Crippen LogP contribution in [0.5, 0.6) is 0 Å². The van der Waals surface area contributed by atoms with Crippen LogP contribution in [0.2, 0.25) is 5.02 Å². The monoisotopic (exact) mass is 248 g/mol. The van der Waals surface area contributed by atoms with Gasteiger partial charge < -0.3 is 0 Å². The molecule has 0 spiro atoms. The summed E-state index contributed by atoms with van der Waals surface area (Å²) in [7, 11) is 0. The molecule has 0 aliphatic heterocycles. The molecule has 1 fully saturated rings. The summed E-state index contributed by atoms with van der Waals surface area (Å²) >= 11 is 6.11. The van der Waals surface area contributed by atoms with Gasteiger partial charge in [0.2, 0.25) is 0 Å². The zero-order chi connectivity index (χ0) is 12.1. The molecule has 2 rings (SSSR count). The highest BCUT2D eigenvalue weighted by molar-refractivity contribution is 6.31. The summed E-state index contributed by atoms with van der Waals surface area (Å²) in [5, 5.41) is 13.5. The Morgan fingerprint density at radius 3 is 2.59 bits per heavy atom. The second-order valence-electron chi connectivity index (χ2n) is 4.70. The number of halogens is 1. The summed E-state index contributed by atoms with van der Waals surface area (Å²) < 4.78 is 0. The molecule has 1 aliphatic carbocycles. The van der Waals surface area contributed by atoms with Crippen molar-refractivity contribution in [3.8, 4) is 6.07 Å². The van der Waals surface area contributed by atoms with Crippen molar-refractivity contribution in [1.29, 1.82) is 5.26 Å². The van der Waals surface area contributed by atoms with E-state index >= 15 is 0 Å². The zero-order valence-corrected chi connectivity index (χ0v) is 10.6. The van der Waals surface area contributed by atoms with E-state index in [1.165, 1.54) is 6.42 Å². The van der Waals surface area contributed by atoms with E-state index in [0.29, 0.717) is 6.54 Å². The van der Waals surface area contributed by atoms with Gasteiger partial charge in [-0.25, -0.2) is 0 Å². The molecule has 0 aromatic heterocycles. The third kappa shape index (κ3) is 3.00. The lowest BCUT2D eigenvalue weighted by Crippen LogP contribution is -2.45. The minimum atomic E-state index is -0.336. The van der Waals surface area contributed by atoms with Crippen LogP contribution in [0.1, 0.15) is 37.7 Å². The molecule has 17 heavy (non-hydrogen) atoms. The number of nitriles is 1. The van der Waals surface area contributed by atoms with E-state index in [2.05, 4.69) is 11.4 Å². The van der Waals surface area contributed by atoms with Gasteiger partial charge in [0.15, 0.2) is 0 Å². The fourth-order valence-electron chi connectivity index (χ4n) is 2.39. The first-order chi connectivity index (χ1) is 8.26. The first-order valence-corrected chi connectivity index (χ1v) is 6.53. The first kappa shape index (κ1) is 12.4. The van der Waals surface area contributed by atoms with Crippen molar-refractivity contribution in [1.82, 2.24) is 5.32 Å². The quantitative estimate of drug-likeness (QED) is 0.886. The van der Waals surface area contributed by atoms with Crippen LogP contribution in [0.4, 0.5) is 0 Å². The minimum Gasteiger partial charge on any atom is -0.295 e. The van der Waals surface area contributed by atoms with E-state index in [1.54, 1.807) is 0 Å². The topological polar surface area (TPSA) is 35.8 Å². The molecule has 3 heteroatoms. The van der Waals surface area contributed by atoms with E-state index in [-0.39, 0.29) is 5.54 Å². The van der Waals surface area contributed by atoms with Crippen LogP contribution in [-0.2, 0) is 6.54 Å². The lowest BCUT2D eigenvalue weighted by atomic mass is 9.83. The Balaban J connectivity index is 2.01. The normalized spacial score (nSPS) is 18.6. The third-order valence-electron chi connectivity index (χ3n) is 3.50. The largest absolute Gasteiger partial charge is 0.295 e. The second kappa shape index (κ2) is 5.53. The van der Waals surface area contributed by atoms with Crippen LogP contribution in [0.3, 0.4) is 0 Å². The number of benzene rings is 1. The molecule has 0 unspecified atom stereocenters. The van der Waals surface area contributed by atoms with E-state index in [4.69, 9.17) is 11.6 Å². The van der Waals surface area contributed by atoms with Gasteiger partial charge in [-0.15, -0.1) is 0 Å². The lowest BCUT2D eigenvalue weighted by Gasteiger charge is -2.31. The molecule has 90 valence electrons. The molecule has 1 N–H and O–H groups in total. The molecule has 2 nitrogen and oxygen atoms in total. The van der Waals surface area contributed by atoms with Gasteiger partial charge in [-0.1, -0.05) is 49.1 Å². The Bertz CT molecular complexity index is 416. The van der Waals surface area contributed by atoms with Crippen LogP contribution in [0.25, 0.3) is 0 Å². The van der Waals surface area contributed by atoms with Crippen LogP contribution >= 0.6 is 11.6 Å². The van der Waals surface area contributed by atoms with Crippen LogP contribution in [0.15, 0.2) is 24.3 Å². The number of rotatable bonds is 3. The van der Waals surface area contributed by atoms with Crippen molar-refractivity contribution in [2.75, 3.05) is 0 Å². The summed E-state index contributed by atoms with van der Waals surface area (Å²) in [5.74, 6) is 0. The molecular formula is C14H17ClN2. The molecule has 1 aliphatic rings. The van der Waals surface area contributed by atoms with Gasteiger partial charge in [0.05, 0.1) is 6.07 Å². The Morgan fingerprint density at radius 2 is 1.94 bits per heavy atom. The van der Waals surface area contributed by atoms with E-state index < -0.39 is 0 Å². The van der Waals surface area contributed by atoms with Crippen molar-refractivity contribution in [2.45, 2.75) is 44.2 Å². The van der Waals surface area contributed by atoms with Crippen LogP contribution < -0.4 is 5.32 Å². The first-order valence-electron chi connectivity index (χ1n) is 6.15. The standard InChI is InChI=1S/C14H17ClN2/c15-13-7-3-2-6-12(13)10-17-14(11-16)8-4-1-5-9-14/h2-3,6-7,17H,1,4-5,8-10H2. The summed E-state index contributed by atoms with van der Waals surface area (Å²) in [6.07, 6.45) is 5.44. The smallest absolute Gasteiger partial charge is 0.107 e. The number of nitrogens with zero attached hydrogens (tertiary/aromatic N) is 1. The maximum absolute atomic E-state index is 9.34. The predicted molar refractivity (Wildman–Crippen MR) is 69.7 cm³/mol. The van der Waals surface area contributed by atoms with Gasteiger partial charge in [0.1, 0.15) is 5.54 Å². The molecule has 0 bridgehead atoms. The summed E-state index contributed by atoms with van der Waals surface area (Å²) in [5.41, 5.74) is 0.728. The predicted octanol–water partition coefficient (Wildman–Crippen LogP) is 3.66. The highest BCUT2D eigenvalue weighted by Gasteiger charge is 2.31. The molecule has 0 radical (unpaired) electrons. The molecule has 1 aromatic carbocycles. The molecular weight excluding hydrogens is 232 g/mol. The Hall–Kier alpha value is -1.04. The number of hydrogen-bond acceptors (Lipinski definition) is 2. The average Bonchev–Trinajstić information content (AvgIpc) is 2.39. The average molecular weight is 249 g/mol. The summed E-state index contributed by atoms with van der Waals surface area (Å²) in [4.78, 5) is 0. The van der Waals surface area contributed by atoms with Gasteiger partial charge in [-0.3, -0.25) is 5.32 Å².